The standard InChI is InChI=1S/C11H6Cl2N4/c12-9-6-10(13)17-11(15-9)5-8(16-17)7-1-3-14-4-2-7/h1-6H. The highest BCUT2D eigenvalue weighted by Gasteiger charge is 2.08. The number of hydrogen-bond donors (Lipinski definition) is 0. The van der Waals surface area contributed by atoms with Gasteiger partial charge < -0.3 is 0 Å². The number of hydrogen-bond acceptors (Lipinski definition) is 3. The lowest BCUT2D eigenvalue weighted by Crippen LogP contribution is -1.92. The second-order valence-electron chi connectivity index (χ2n) is 3.44. The van der Waals surface area contributed by atoms with Gasteiger partial charge in [0.2, 0.25) is 0 Å². The Labute approximate surface area is 107 Å². The fourth-order valence-corrected chi connectivity index (χ4v) is 2.05. The van der Waals surface area contributed by atoms with Crippen molar-refractivity contribution in [1.82, 2.24) is 19.6 Å². The quantitative estimate of drug-likeness (QED) is 0.635. The third-order valence-electron chi connectivity index (χ3n) is 2.33. The van der Waals surface area contributed by atoms with Crippen LogP contribution in [0.4, 0.5) is 0 Å². The Balaban J connectivity index is 2.24. The molecule has 0 bridgehead atoms. The van der Waals surface area contributed by atoms with Gasteiger partial charge in [0.1, 0.15) is 10.3 Å². The molecule has 0 unspecified atom stereocenters. The lowest BCUT2D eigenvalue weighted by molar-refractivity contribution is 0.944. The molecule has 0 radical (unpaired) electrons. The van der Waals surface area contributed by atoms with Crippen molar-refractivity contribution in [2.45, 2.75) is 0 Å². The smallest absolute Gasteiger partial charge is 0.159 e. The van der Waals surface area contributed by atoms with E-state index in [9.17, 15) is 0 Å². The molecule has 3 aromatic rings. The van der Waals surface area contributed by atoms with Gasteiger partial charge in [-0.3, -0.25) is 4.98 Å². The molecule has 0 aliphatic heterocycles. The minimum Gasteiger partial charge on any atom is -0.265 e. The molecule has 0 aliphatic rings. The van der Waals surface area contributed by atoms with E-state index in [2.05, 4.69) is 15.1 Å². The summed E-state index contributed by atoms with van der Waals surface area (Å²) in [6.07, 6.45) is 3.42. The lowest BCUT2D eigenvalue weighted by Gasteiger charge is -1.96. The number of fused-ring (bicyclic) bond motifs is 1. The molecule has 0 atom stereocenters. The highest BCUT2D eigenvalue weighted by Crippen LogP contribution is 2.22. The second kappa shape index (κ2) is 3.98. The van der Waals surface area contributed by atoms with Crippen molar-refractivity contribution < 1.29 is 0 Å². The second-order valence-corrected chi connectivity index (χ2v) is 4.21. The summed E-state index contributed by atoms with van der Waals surface area (Å²) >= 11 is 11.9. The third-order valence-corrected chi connectivity index (χ3v) is 2.79. The third kappa shape index (κ3) is 1.85. The van der Waals surface area contributed by atoms with E-state index in [1.54, 1.807) is 23.0 Å². The van der Waals surface area contributed by atoms with Crippen molar-refractivity contribution in [2.75, 3.05) is 0 Å². The number of pyridine rings is 1. The van der Waals surface area contributed by atoms with Crippen molar-refractivity contribution in [3.05, 3.63) is 47.0 Å². The topological polar surface area (TPSA) is 43.1 Å². The first kappa shape index (κ1) is 10.5. The molecule has 6 heteroatoms. The van der Waals surface area contributed by atoms with Crippen molar-refractivity contribution in [1.29, 1.82) is 0 Å². The maximum atomic E-state index is 6.03. The summed E-state index contributed by atoms with van der Waals surface area (Å²) in [5, 5.41) is 5.14. The van der Waals surface area contributed by atoms with Crippen LogP contribution in [-0.2, 0) is 0 Å². The molecule has 0 spiro atoms. The number of halogens is 2. The van der Waals surface area contributed by atoms with Crippen LogP contribution in [-0.4, -0.2) is 19.6 Å². The maximum absolute atomic E-state index is 6.03. The maximum Gasteiger partial charge on any atom is 0.159 e. The molecular formula is C11H6Cl2N4. The van der Waals surface area contributed by atoms with Gasteiger partial charge in [0, 0.05) is 30.1 Å². The Hall–Kier alpha value is -1.65. The van der Waals surface area contributed by atoms with Crippen molar-refractivity contribution in [2.24, 2.45) is 0 Å². The average Bonchev–Trinajstić information content (AvgIpc) is 2.74. The Bertz CT molecular complexity index is 679. The summed E-state index contributed by atoms with van der Waals surface area (Å²) < 4.78 is 1.54. The zero-order valence-electron chi connectivity index (χ0n) is 8.51. The summed E-state index contributed by atoms with van der Waals surface area (Å²) in [6, 6.07) is 7.13. The van der Waals surface area contributed by atoms with Crippen LogP contribution in [0.15, 0.2) is 36.7 Å². The zero-order chi connectivity index (χ0) is 11.8. The van der Waals surface area contributed by atoms with Gasteiger partial charge in [0.25, 0.3) is 0 Å². The van der Waals surface area contributed by atoms with E-state index in [-0.39, 0.29) is 0 Å². The van der Waals surface area contributed by atoms with Gasteiger partial charge in [-0.15, -0.1) is 0 Å². The van der Waals surface area contributed by atoms with Gasteiger partial charge in [-0.25, -0.2) is 9.50 Å². The first-order valence-corrected chi connectivity index (χ1v) is 5.62. The van der Waals surface area contributed by atoms with Crippen LogP contribution in [0, 0.1) is 0 Å². The molecule has 0 aromatic carbocycles. The number of aromatic nitrogens is 4. The zero-order valence-corrected chi connectivity index (χ0v) is 10.0. The molecular weight excluding hydrogens is 259 g/mol. The van der Waals surface area contributed by atoms with E-state index in [4.69, 9.17) is 23.2 Å². The summed E-state index contributed by atoms with van der Waals surface area (Å²) in [7, 11) is 0. The molecule has 3 heterocycles. The van der Waals surface area contributed by atoms with Crippen LogP contribution < -0.4 is 0 Å². The van der Waals surface area contributed by atoms with Crippen LogP contribution in [0.3, 0.4) is 0 Å². The predicted molar refractivity (Wildman–Crippen MR) is 66.2 cm³/mol. The fraction of sp³-hybridized carbons (Fsp3) is 0. The molecule has 0 aliphatic carbocycles. The van der Waals surface area contributed by atoms with Crippen molar-refractivity contribution >= 4 is 28.8 Å². The van der Waals surface area contributed by atoms with Gasteiger partial charge in [-0.1, -0.05) is 23.2 Å². The van der Waals surface area contributed by atoms with E-state index < -0.39 is 0 Å². The molecule has 84 valence electrons. The summed E-state index contributed by atoms with van der Waals surface area (Å²) in [6.45, 7) is 0. The lowest BCUT2D eigenvalue weighted by atomic mass is 10.2. The predicted octanol–water partition coefficient (Wildman–Crippen LogP) is 3.10. The molecule has 17 heavy (non-hydrogen) atoms. The number of nitrogens with zero attached hydrogens (tertiary/aromatic N) is 4. The van der Waals surface area contributed by atoms with E-state index in [1.807, 2.05) is 18.2 Å². The summed E-state index contributed by atoms with van der Waals surface area (Å²) in [4.78, 5) is 8.11. The van der Waals surface area contributed by atoms with Crippen molar-refractivity contribution in [3.63, 3.8) is 0 Å². The Kier molecular flexibility index (Phi) is 2.46. The molecule has 0 fully saturated rings. The first-order valence-electron chi connectivity index (χ1n) is 4.86. The van der Waals surface area contributed by atoms with Gasteiger partial charge in [0.05, 0.1) is 5.69 Å². The van der Waals surface area contributed by atoms with Crippen LogP contribution in [0.25, 0.3) is 16.9 Å². The molecule has 4 nitrogen and oxygen atoms in total. The van der Waals surface area contributed by atoms with Crippen molar-refractivity contribution in [3.8, 4) is 11.3 Å². The largest absolute Gasteiger partial charge is 0.265 e. The minimum absolute atomic E-state index is 0.351. The van der Waals surface area contributed by atoms with Gasteiger partial charge in [0.15, 0.2) is 5.65 Å². The van der Waals surface area contributed by atoms with E-state index in [1.165, 1.54) is 0 Å². The summed E-state index contributed by atoms with van der Waals surface area (Å²) in [5.41, 5.74) is 2.36. The summed E-state index contributed by atoms with van der Waals surface area (Å²) in [5.74, 6) is 0. The first-order chi connectivity index (χ1) is 8.24. The van der Waals surface area contributed by atoms with E-state index >= 15 is 0 Å². The van der Waals surface area contributed by atoms with E-state index in [0.717, 1.165) is 11.3 Å². The highest BCUT2D eigenvalue weighted by molar-refractivity contribution is 6.33. The minimum atomic E-state index is 0.351. The highest BCUT2D eigenvalue weighted by atomic mass is 35.5. The molecule has 3 rings (SSSR count). The SMILES string of the molecule is Clc1cc(Cl)n2nc(-c3ccncc3)cc2n1. The Morgan fingerprint density at radius 1 is 1.06 bits per heavy atom. The normalized spacial score (nSPS) is 10.9. The molecule has 0 saturated carbocycles. The molecule has 3 aromatic heterocycles. The molecule has 0 N–H and O–H groups in total. The van der Waals surface area contributed by atoms with Gasteiger partial charge in [-0.2, -0.15) is 5.10 Å². The monoisotopic (exact) mass is 264 g/mol. The van der Waals surface area contributed by atoms with Crippen LogP contribution in [0.2, 0.25) is 10.3 Å². The number of rotatable bonds is 1. The van der Waals surface area contributed by atoms with E-state index in [0.29, 0.717) is 16.0 Å². The molecule has 0 saturated heterocycles. The average molecular weight is 265 g/mol. The van der Waals surface area contributed by atoms with Crippen LogP contribution in [0.5, 0.6) is 0 Å². The van der Waals surface area contributed by atoms with Gasteiger partial charge >= 0.3 is 0 Å². The van der Waals surface area contributed by atoms with Crippen LogP contribution in [0.1, 0.15) is 0 Å². The fourth-order valence-electron chi connectivity index (χ4n) is 1.57. The Morgan fingerprint density at radius 3 is 2.59 bits per heavy atom. The Morgan fingerprint density at radius 2 is 1.82 bits per heavy atom. The van der Waals surface area contributed by atoms with Crippen LogP contribution >= 0.6 is 23.2 Å². The molecule has 0 amide bonds. The van der Waals surface area contributed by atoms with Gasteiger partial charge in [-0.05, 0) is 12.1 Å².